The van der Waals surface area contributed by atoms with Crippen LogP contribution in [0.1, 0.15) is 105 Å². The molecule has 12 heteroatoms. The number of aromatic hydroxyl groups is 4. The number of phenolic OH excluding ortho intramolecular Hbond substituents is 4. The van der Waals surface area contributed by atoms with Gasteiger partial charge in [-0.05, 0) is 111 Å². The zero-order valence-electron chi connectivity index (χ0n) is 29.8. The van der Waals surface area contributed by atoms with E-state index in [2.05, 4.69) is 0 Å². The van der Waals surface area contributed by atoms with E-state index in [-0.39, 0.29) is 77.9 Å². The summed E-state index contributed by atoms with van der Waals surface area (Å²) >= 11 is 0. The van der Waals surface area contributed by atoms with E-state index in [0.29, 0.717) is 0 Å². The Kier molecular flexibility index (Phi) is 7.56. The van der Waals surface area contributed by atoms with Crippen LogP contribution in [0.25, 0.3) is 22.3 Å². The molecule has 4 aliphatic carbocycles. The molecule has 0 atom stereocenters. The largest absolute Gasteiger partial charge is 0.507 e. The van der Waals surface area contributed by atoms with Gasteiger partial charge < -0.3 is 20.4 Å². The molecule has 0 amide bonds. The first kappa shape index (κ1) is 35.4. The van der Waals surface area contributed by atoms with Gasteiger partial charge in [-0.3, -0.25) is 38.4 Å². The van der Waals surface area contributed by atoms with Crippen molar-refractivity contribution in [2.24, 2.45) is 0 Å². The first-order valence-corrected chi connectivity index (χ1v) is 17.1. The molecule has 12 nitrogen and oxygen atoms in total. The lowest BCUT2D eigenvalue weighted by molar-refractivity contribution is 0.0960. The summed E-state index contributed by atoms with van der Waals surface area (Å²) in [5.41, 5.74) is -2.28. The standard InChI is InChI=1S/C44H26O12/c1-15-9-21-35(43(55)33(15)31-17(3)11-27(49)37-23(45)5-7-25(47)39(31)37)29(51)13-19(41(21)53)20-14-30(52)36-22(42(20)54)10-16(2)34(44(36)56)32-18(4)12-28(50)38-24(46)6-8-26(48)40(32)38/h5-14,49-50,55-56H,1-4H3. The van der Waals surface area contributed by atoms with E-state index in [1.165, 1.54) is 52.0 Å². The Morgan fingerprint density at radius 2 is 0.643 bits per heavy atom. The van der Waals surface area contributed by atoms with Crippen molar-refractivity contribution >= 4 is 46.3 Å². The number of benzene rings is 4. The highest BCUT2D eigenvalue weighted by Gasteiger charge is 2.40. The van der Waals surface area contributed by atoms with Crippen LogP contribution in [0, 0.1) is 27.7 Å². The summed E-state index contributed by atoms with van der Waals surface area (Å²) in [5, 5.41) is 44.4. The molecule has 0 fully saturated rings. The average Bonchev–Trinajstić information content (AvgIpc) is 3.12. The number of Topliss-reactive ketones (excluding diaryl/α,β-unsaturated/α-hetero) is 2. The lowest BCUT2D eigenvalue weighted by Gasteiger charge is -2.26. The Labute approximate surface area is 316 Å². The third-order valence-corrected chi connectivity index (χ3v) is 10.6. The van der Waals surface area contributed by atoms with Crippen LogP contribution in [0.2, 0.25) is 0 Å². The molecular weight excluding hydrogens is 720 g/mol. The smallest absolute Gasteiger partial charge is 0.194 e. The lowest BCUT2D eigenvalue weighted by atomic mass is 9.75. The molecule has 56 heavy (non-hydrogen) atoms. The maximum absolute atomic E-state index is 14.1. The van der Waals surface area contributed by atoms with E-state index in [1.54, 1.807) is 0 Å². The molecule has 0 radical (unpaired) electrons. The van der Waals surface area contributed by atoms with Crippen LogP contribution in [-0.2, 0) is 0 Å². The summed E-state index contributed by atoms with van der Waals surface area (Å²) in [5.74, 6) is -8.41. The molecule has 4 aromatic rings. The number of fused-ring (bicyclic) bond motifs is 4. The number of aryl methyl sites for hydroxylation is 4. The second kappa shape index (κ2) is 12.0. The summed E-state index contributed by atoms with van der Waals surface area (Å²) in [4.78, 5) is 107. The second-order valence-electron chi connectivity index (χ2n) is 14.0. The molecule has 0 saturated heterocycles. The number of allylic oxidation sites excluding steroid dienone is 8. The van der Waals surface area contributed by atoms with Crippen molar-refractivity contribution in [3.8, 4) is 45.3 Å². The minimum Gasteiger partial charge on any atom is -0.507 e. The molecule has 0 unspecified atom stereocenters. The monoisotopic (exact) mass is 746 g/mol. The van der Waals surface area contributed by atoms with Crippen molar-refractivity contribution in [1.29, 1.82) is 0 Å². The van der Waals surface area contributed by atoms with Crippen molar-refractivity contribution in [2.75, 3.05) is 0 Å². The molecular formula is C44H26O12. The van der Waals surface area contributed by atoms with Gasteiger partial charge in [0.2, 0.25) is 0 Å². The van der Waals surface area contributed by atoms with Gasteiger partial charge in [0.1, 0.15) is 23.0 Å². The second-order valence-corrected chi connectivity index (χ2v) is 14.0. The van der Waals surface area contributed by atoms with Crippen molar-refractivity contribution in [3.05, 3.63) is 139 Å². The number of carbonyl (C=O) groups excluding carboxylic acids is 8. The molecule has 8 rings (SSSR count). The van der Waals surface area contributed by atoms with Crippen LogP contribution in [-0.4, -0.2) is 66.7 Å². The molecule has 0 aromatic heterocycles. The summed E-state index contributed by atoms with van der Waals surface area (Å²) in [6.45, 7) is 6.06. The fraction of sp³-hybridized carbons (Fsp3) is 0.0909. The molecule has 4 aliphatic rings. The fourth-order valence-corrected chi connectivity index (χ4v) is 8.19. The highest BCUT2D eigenvalue weighted by atomic mass is 16.3. The van der Waals surface area contributed by atoms with E-state index >= 15 is 0 Å². The average molecular weight is 747 g/mol. The van der Waals surface area contributed by atoms with Crippen LogP contribution in [0.4, 0.5) is 0 Å². The van der Waals surface area contributed by atoms with Gasteiger partial charge in [0.05, 0.1) is 22.3 Å². The van der Waals surface area contributed by atoms with Gasteiger partial charge in [-0.1, -0.05) is 0 Å². The number of hydrogen-bond acceptors (Lipinski definition) is 12. The lowest BCUT2D eigenvalue weighted by Crippen LogP contribution is -2.26. The van der Waals surface area contributed by atoms with E-state index < -0.39 is 91.5 Å². The Hall–Kier alpha value is -7.60. The number of ketones is 8. The number of phenols is 4. The van der Waals surface area contributed by atoms with Crippen LogP contribution >= 0.6 is 0 Å². The first-order chi connectivity index (χ1) is 26.4. The summed E-state index contributed by atoms with van der Waals surface area (Å²) in [7, 11) is 0. The van der Waals surface area contributed by atoms with E-state index in [0.717, 1.165) is 36.5 Å². The highest BCUT2D eigenvalue weighted by molar-refractivity contribution is 6.36. The maximum atomic E-state index is 14.1. The molecule has 0 bridgehead atoms. The van der Waals surface area contributed by atoms with Gasteiger partial charge in [-0.25, -0.2) is 0 Å². The molecule has 0 spiro atoms. The highest BCUT2D eigenvalue weighted by Crippen LogP contribution is 2.49. The Bertz CT molecular complexity index is 2710. The van der Waals surface area contributed by atoms with Crippen LogP contribution < -0.4 is 0 Å². The molecule has 4 aromatic carbocycles. The Morgan fingerprint density at radius 3 is 0.982 bits per heavy atom. The normalized spacial score (nSPS) is 15.8. The van der Waals surface area contributed by atoms with Crippen molar-refractivity contribution in [1.82, 2.24) is 0 Å². The Morgan fingerprint density at radius 1 is 0.339 bits per heavy atom. The topological polar surface area (TPSA) is 217 Å². The molecule has 0 aliphatic heterocycles. The fourth-order valence-electron chi connectivity index (χ4n) is 8.19. The number of hydrogen-bond donors (Lipinski definition) is 4. The zero-order chi connectivity index (χ0) is 40.4. The first-order valence-electron chi connectivity index (χ1n) is 17.1. The zero-order valence-corrected chi connectivity index (χ0v) is 29.8. The third kappa shape index (κ3) is 4.72. The minimum absolute atomic E-state index is 0.0296. The summed E-state index contributed by atoms with van der Waals surface area (Å²) in [6.07, 6.45) is 5.70. The van der Waals surface area contributed by atoms with Gasteiger partial charge >= 0.3 is 0 Å². The van der Waals surface area contributed by atoms with Gasteiger partial charge in [-0.2, -0.15) is 0 Å². The molecule has 4 N–H and O–H groups in total. The van der Waals surface area contributed by atoms with Crippen LogP contribution in [0.3, 0.4) is 0 Å². The molecule has 0 saturated carbocycles. The predicted molar refractivity (Wildman–Crippen MR) is 198 cm³/mol. The Balaban J connectivity index is 1.24. The van der Waals surface area contributed by atoms with E-state index in [4.69, 9.17) is 0 Å². The van der Waals surface area contributed by atoms with Crippen molar-refractivity contribution in [3.63, 3.8) is 0 Å². The van der Waals surface area contributed by atoms with Crippen LogP contribution in [0.5, 0.6) is 23.0 Å². The maximum Gasteiger partial charge on any atom is 0.194 e. The quantitative estimate of drug-likeness (QED) is 0.183. The van der Waals surface area contributed by atoms with E-state index in [9.17, 15) is 58.8 Å². The van der Waals surface area contributed by atoms with Crippen molar-refractivity contribution in [2.45, 2.75) is 27.7 Å². The van der Waals surface area contributed by atoms with Gasteiger partial charge in [0.25, 0.3) is 0 Å². The van der Waals surface area contributed by atoms with Crippen LogP contribution in [0.15, 0.2) is 71.9 Å². The van der Waals surface area contributed by atoms with Gasteiger partial charge in [0, 0.05) is 55.7 Å². The molecule has 274 valence electrons. The minimum atomic E-state index is -0.914. The van der Waals surface area contributed by atoms with E-state index in [1.807, 2.05) is 0 Å². The molecule has 0 heterocycles. The SMILES string of the molecule is Cc1cc2c(c(O)c1-c1c(C)cc(O)c3c1C(=O)C=CC3=O)C(=O)C=C(C1=CC(=O)c3c(cc(C)c(-c4c(C)cc(O)c5c4C(=O)C=CC5=O)c3O)C1=O)C2=O. The summed E-state index contributed by atoms with van der Waals surface area (Å²) in [6, 6.07) is 5.07. The third-order valence-electron chi connectivity index (χ3n) is 10.6. The van der Waals surface area contributed by atoms with Gasteiger partial charge in [0.15, 0.2) is 46.3 Å². The van der Waals surface area contributed by atoms with Crippen molar-refractivity contribution < 1.29 is 58.8 Å². The number of rotatable bonds is 3. The number of carbonyl (C=O) groups is 8. The van der Waals surface area contributed by atoms with Gasteiger partial charge in [-0.15, -0.1) is 0 Å². The summed E-state index contributed by atoms with van der Waals surface area (Å²) < 4.78 is 0. The predicted octanol–water partition coefficient (Wildman–Crippen LogP) is 6.26.